The standard InChI is InChI=1S/C16H21N3O/c1-15(2,17)14-18-13(19-20-14)16(10-6-7-11-16)12-8-4-3-5-9-12/h3-5,8-9H,6-7,10-11,17H2,1-2H3. The van der Waals surface area contributed by atoms with Crippen LogP contribution in [0.15, 0.2) is 34.9 Å². The van der Waals surface area contributed by atoms with Crippen molar-refractivity contribution in [3.05, 3.63) is 47.6 Å². The lowest BCUT2D eigenvalue weighted by atomic mass is 9.78. The van der Waals surface area contributed by atoms with Gasteiger partial charge in [-0.05, 0) is 32.3 Å². The summed E-state index contributed by atoms with van der Waals surface area (Å²) < 4.78 is 5.40. The Balaban J connectivity index is 2.06. The second-order valence-electron chi connectivity index (χ2n) is 6.30. The number of benzene rings is 1. The fourth-order valence-corrected chi connectivity index (χ4v) is 3.06. The van der Waals surface area contributed by atoms with Crippen molar-refractivity contribution >= 4 is 0 Å². The second-order valence-corrected chi connectivity index (χ2v) is 6.30. The Hall–Kier alpha value is -1.68. The SMILES string of the molecule is CC(C)(N)c1nc(C2(c3ccccc3)CCCC2)no1. The number of hydrogen-bond donors (Lipinski definition) is 1. The van der Waals surface area contributed by atoms with Crippen molar-refractivity contribution in [2.75, 3.05) is 0 Å². The van der Waals surface area contributed by atoms with E-state index in [1.165, 1.54) is 18.4 Å². The van der Waals surface area contributed by atoms with Crippen LogP contribution in [-0.4, -0.2) is 10.1 Å². The van der Waals surface area contributed by atoms with E-state index in [1.54, 1.807) is 0 Å². The molecule has 1 heterocycles. The first-order chi connectivity index (χ1) is 9.52. The first kappa shape index (κ1) is 13.3. The van der Waals surface area contributed by atoms with E-state index in [4.69, 9.17) is 10.3 Å². The summed E-state index contributed by atoms with van der Waals surface area (Å²) in [6.45, 7) is 3.77. The molecular formula is C16H21N3O. The number of nitrogens with two attached hydrogens (primary N) is 1. The molecule has 2 aromatic rings. The lowest BCUT2D eigenvalue weighted by molar-refractivity contribution is 0.306. The van der Waals surface area contributed by atoms with Gasteiger partial charge in [0.15, 0.2) is 5.82 Å². The molecule has 2 N–H and O–H groups in total. The molecule has 4 heteroatoms. The summed E-state index contributed by atoms with van der Waals surface area (Å²) in [5.74, 6) is 1.30. The highest BCUT2D eigenvalue weighted by atomic mass is 16.5. The van der Waals surface area contributed by atoms with E-state index in [-0.39, 0.29) is 5.41 Å². The van der Waals surface area contributed by atoms with Gasteiger partial charge in [-0.15, -0.1) is 0 Å². The van der Waals surface area contributed by atoms with Crippen LogP contribution in [0.1, 0.15) is 56.8 Å². The molecule has 1 aromatic heterocycles. The Kier molecular flexibility index (Phi) is 3.13. The molecule has 0 radical (unpaired) electrons. The van der Waals surface area contributed by atoms with E-state index in [1.807, 2.05) is 19.9 Å². The van der Waals surface area contributed by atoms with E-state index in [0.29, 0.717) is 5.89 Å². The summed E-state index contributed by atoms with van der Waals surface area (Å²) in [4.78, 5) is 4.61. The third-order valence-corrected chi connectivity index (χ3v) is 4.19. The van der Waals surface area contributed by atoms with Crippen LogP contribution < -0.4 is 5.73 Å². The average Bonchev–Trinajstić information content (AvgIpc) is 3.09. The second kappa shape index (κ2) is 4.70. The van der Waals surface area contributed by atoms with Gasteiger partial charge >= 0.3 is 0 Å². The molecule has 0 aliphatic heterocycles. The van der Waals surface area contributed by atoms with Crippen LogP contribution in [-0.2, 0) is 11.0 Å². The zero-order chi connectivity index (χ0) is 14.2. The van der Waals surface area contributed by atoms with E-state index in [9.17, 15) is 0 Å². The van der Waals surface area contributed by atoms with E-state index in [0.717, 1.165) is 18.7 Å². The van der Waals surface area contributed by atoms with Crippen molar-refractivity contribution in [3.8, 4) is 0 Å². The maximum absolute atomic E-state index is 6.05. The molecule has 1 aliphatic rings. The quantitative estimate of drug-likeness (QED) is 0.931. The van der Waals surface area contributed by atoms with Crippen LogP contribution in [0.3, 0.4) is 0 Å². The van der Waals surface area contributed by atoms with Crippen LogP contribution in [0.4, 0.5) is 0 Å². The van der Waals surface area contributed by atoms with Crippen molar-refractivity contribution in [3.63, 3.8) is 0 Å². The summed E-state index contributed by atoms with van der Waals surface area (Å²) >= 11 is 0. The van der Waals surface area contributed by atoms with Crippen molar-refractivity contribution in [1.29, 1.82) is 0 Å². The van der Waals surface area contributed by atoms with Crippen LogP contribution >= 0.6 is 0 Å². The van der Waals surface area contributed by atoms with Crippen LogP contribution in [0.5, 0.6) is 0 Å². The van der Waals surface area contributed by atoms with E-state index >= 15 is 0 Å². The lowest BCUT2D eigenvalue weighted by Gasteiger charge is -2.25. The largest absolute Gasteiger partial charge is 0.337 e. The third kappa shape index (κ3) is 2.14. The molecule has 4 nitrogen and oxygen atoms in total. The number of rotatable bonds is 3. The molecule has 1 fully saturated rings. The van der Waals surface area contributed by atoms with E-state index in [2.05, 4.69) is 34.4 Å². The minimum Gasteiger partial charge on any atom is -0.337 e. The van der Waals surface area contributed by atoms with Gasteiger partial charge in [0, 0.05) is 0 Å². The highest BCUT2D eigenvalue weighted by molar-refractivity contribution is 5.34. The molecule has 0 saturated heterocycles. The normalized spacial score (nSPS) is 18.4. The molecule has 1 aliphatic carbocycles. The molecule has 1 aromatic carbocycles. The minimum atomic E-state index is -0.596. The maximum atomic E-state index is 6.05. The molecule has 0 bridgehead atoms. The summed E-state index contributed by atoms with van der Waals surface area (Å²) in [5.41, 5.74) is 6.63. The summed E-state index contributed by atoms with van der Waals surface area (Å²) in [7, 11) is 0. The number of hydrogen-bond acceptors (Lipinski definition) is 4. The van der Waals surface area contributed by atoms with E-state index < -0.39 is 5.54 Å². The monoisotopic (exact) mass is 271 g/mol. The predicted molar refractivity (Wildman–Crippen MR) is 77.2 cm³/mol. The first-order valence-electron chi connectivity index (χ1n) is 7.21. The van der Waals surface area contributed by atoms with Crippen LogP contribution in [0, 0.1) is 0 Å². The Morgan fingerprint density at radius 2 is 1.80 bits per heavy atom. The van der Waals surface area contributed by atoms with Gasteiger partial charge in [0.25, 0.3) is 0 Å². The van der Waals surface area contributed by atoms with Gasteiger partial charge in [0.1, 0.15) is 0 Å². The topological polar surface area (TPSA) is 64.9 Å². The Morgan fingerprint density at radius 1 is 1.15 bits per heavy atom. The van der Waals surface area contributed by atoms with Gasteiger partial charge in [0.05, 0.1) is 11.0 Å². The molecule has 3 rings (SSSR count). The van der Waals surface area contributed by atoms with Gasteiger partial charge < -0.3 is 10.3 Å². The maximum Gasteiger partial charge on any atom is 0.246 e. The van der Waals surface area contributed by atoms with Gasteiger partial charge in [-0.3, -0.25) is 0 Å². The van der Waals surface area contributed by atoms with Crippen LogP contribution in [0.2, 0.25) is 0 Å². The van der Waals surface area contributed by atoms with Gasteiger partial charge in [-0.1, -0.05) is 48.3 Å². The number of aromatic nitrogens is 2. The van der Waals surface area contributed by atoms with Crippen molar-refractivity contribution in [2.45, 2.75) is 50.5 Å². The molecule has 0 amide bonds. The molecule has 20 heavy (non-hydrogen) atoms. The molecule has 0 spiro atoms. The van der Waals surface area contributed by atoms with Crippen molar-refractivity contribution < 1.29 is 4.52 Å². The summed E-state index contributed by atoms with van der Waals surface area (Å²) in [6, 6.07) is 10.5. The van der Waals surface area contributed by atoms with Gasteiger partial charge in [-0.2, -0.15) is 4.98 Å². The van der Waals surface area contributed by atoms with Gasteiger partial charge in [0.2, 0.25) is 5.89 Å². The van der Waals surface area contributed by atoms with Crippen molar-refractivity contribution in [1.82, 2.24) is 10.1 Å². The first-order valence-corrected chi connectivity index (χ1v) is 7.21. The highest BCUT2D eigenvalue weighted by Crippen LogP contribution is 2.45. The van der Waals surface area contributed by atoms with Crippen LogP contribution in [0.25, 0.3) is 0 Å². The summed E-state index contributed by atoms with van der Waals surface area (Å²) in [5, 5.41) is 4.25. The molecular weight excluding hydrogens is 250 g/mol. The zero-order valence-corrected chi connectivity index (χ0v) is 12.1. The fraction of sp³-hybridized carbons (Fsp3) is 0.500. The predicted octanol–water partition coefficient (Wildman–Crippen LogP) is 3.12. The lowest BCUT2D eigenvalue weighted by Crippen LogP contribution is -2.30. The summed E-state index contributed by atoms with van der Waals surface area (Å²) in [6.07, 6.45) is 4.54. The van der Waals surface area contributed by atoms with Crippen molar-refractivity contribution in [2.24, 2.45) is 5.73 Å². The molecule has 1 saturated carbocycles. The minimum absolute atomic E-state index is 0.103. The molecule has 106 valence electrons. The smallest absolute Gasteiger partial charge is 0.246 e. The Bertz CT molecular complexity index is 577. The Morgan fingerprint density at radius 3 is 2.35 bits per heavy atom. The van der Waals surface area contributed by atoms with Gasteiger partial charge in [-0.25, -0.2) is 0 Å². The average molecular weight is 271 g/mol. The third-order valence-electron chi connectivity index (χ3n) is 4.19. The zero-order valence-electron chi connectivity index (χ0n) is 12.1. The highest BCUT2D eigenvalue weighted by Gasteiger charge is 2.42. The molecule has 0 unspecified atom stereocenters. The number of nitrogens with zero attached hydrogens (tertiary/aromatic N) is 2. The molecule has 0 atom stereocenters. The fourth-order valence-electron chi connectivity index (χ4n) is 3.06. The Labute approximate surface area is 119 Å².